The number of aromatic hydroxyl groups is 1. The Balaban J connectivity index is 1.87. The Morgan fingerprint density at radius 3 is 2.68 bits per heavy atom. The van der Waals surface area contributed by atoms with E-state index < -0.39 is 0 Å². The summed E-state index contributed by atoms with van der Waals surface area (Å²) in [6.45, 7) is 5.18. The van der Waals surface area contributed by atoms with Gasteiger partial charge in [0.2, 0.25) is 0 Å². The lowest BCUT2D eigenvalue weighted by Gasteiger charge is -2.27. The van der Waals surface area contributed by atoms with Gasteiger partial charge in [0.1, 0.15) is 17.1 Å². The van der Waals surface area contributed by atoms with Gasteiger partial charge in [-0.05, 0) is 43.2 Å². The molecule has 2 N–H and O–H groups in total. The van der Waals surface area contributed by atoms with Crippen molar-refractivity contribution >= 4 is 5.91 Å². The predicted octanol–water partition coefficient (Wildman–Crippen LogP) is 4.53. The van der Waals surface area contributed by atoms with Gasteiger partial charge < -0.3 is 19.5 Å². The van der Waals surface area contributed by atoms with E-state index in [0.717, 1.165) is 24.0 Å². The van der Waals surface area contributed by atoms with E-state index in [0.29, 0.717) is 41.6 Å². The molecule has 1 aliphatic rings. The highest BCUT2D eigenvalue weighted by atomic mass is 16.5. The van der Waals surface area contributed by atoms with Crippen LogP contribution in [0, 0.1) is 0 Å². The molecule has 0 unspecified atom stereocenters. The van der Waals surface area contributed by atoms with Crippen LogP contribution >= 0.6 is 0 Å². The second kappa shape index (κ2) is 8.71. The molecule has 3 aromatic rings. The van der Waals surface area contributed by atoms with Crippen molar-refractivity contribution in [1.29, 1.82) is 0 Å². The van der Waals surface area contributed by atoms with Crippen molar-refractivity contribution < 1.29 is 19.4 Å². The Morgan fingerprint density at radius 2 is 1.97 bits per heavy atom. The molecule has 2 heterocycles. The van der Waals surface area contributed by atoms with E-state index in [9.17, 15) is 9.90 Å². The molecule has 162 valence electrons. The Bertz CT molecular complexity index is 1090. The van der Waals surface area contributed by atoms with Crippen molar-refractivity contribution in [2.75, 3.05) is 20.3 Å². The minimum atomic E-state index is -0.341. The third kappa shape index (κ3) is 3.60. The van der Waals surface area contributed by atoms with Gasteiger partial charge in [-0.1, -0.05) is 31.5 Å². The number of hydrogen-bond donors (Lipinski definition) is 2. The number of phenolic OH excluding ortho intramolecular Hbond substituents is 1. The highest BCUT2D eigenvalue weighted by Crippen LogP contribution is 2.45. The maximum Gasteiger partial charge on any atom is 0.273 e. The summed E-state index contributed by atoms with van der Waals surface area (Å²) in [5, 5.41) is 17.8. The molecule has 4 rings (SSSR count). The zero-order chi connectivity index (χ0) is 22.0. The molecule has 1 amide bonds. The number of hydrogen-bond acceptors (Lipinski definition) is 5. The average molecular weight is 421 g/mol. The summed E-state index contributed by atoms with van der Waals surface area (Å²) in [5.74, 6) is 1.31. The van der Waals surface area contributed by atoms with E-state index in [4.69, 9.17) is 9.47 Å². The molecule has 7 heteroatoms. The number of para-hydroxylation sites is 1. The van der Waals surface area contributed by atoms with Crippen LogP contribution in [0.3, 0.4) is 0 Å². The largest absolute Gasteiger partial charge is 0.507 e. The number of rotatable bonds is 8. The quantitative estimate of drug-likeness (QED) is 0.558. The molecular weight excluding hydrogens is 394 g/mol. The number of methoxy groups -OCH3 is 1. The number of phenols is 1. The van der Waals surface area contributed by atoms with E-state index in [-0.39, 0.29) is 17.7 Å². The third-order valence-electron chi connectivity index (χ3n) is 5.58. The Kier molecular flexibility index (Phi) is 5.84. The minimum absolute atomic E-state index is 0.0875. The van der Waals surface area contributed by atoms with Gasteiger partial charge in [0, 0.05) is 17.7 Å². The fraction of sp³-hybridized carbons (Fsp3) is 0.333. The third-order valence-corrected chi connectivity index (χ3v) is 5.58. The first-order valence-corrected chi connectivity index (χ1v) is 10.6. The maximum atomic E-state index is 13.3. The highest BCUT2D eigenvalue weighted by molar-refractivity contribution is 6.00. The maximum absolute atomic E-state index is 13.3. The molecule has 0 fully saturated rings. The molecule has 2 aromatic carbocycles. The molecule has 0 spiro atoms. The molecule has 0 saturated carbocycles. The van der Waals surface area contributed by atoms with Crippen LogP contribution in [0.25, 0.3) is 11.3 Å². The lowest BCUT2D eigenvalue weighted by molar-refractivity contribution is 0.0741. The standard InChI is InChI=1S/C24H27N3O4/c1-4-6-13-27-23(15-11-12-18(31-5-2)19(14-15)30-3)20-21(25-26-22(20)24(27)29)16-9-7-8-10-17(16)28/h7-12,14,23,28H,4-6,13H2,1-3H3,(H,25,26)/t23-/m1/s1. The smallest absolute Gasteiger partial charge is 0.273 e. The minimum Gasteiger partial charge on any atom is -0.507 e. The number of H-pyrrole nitrogens is 1. The van der Waals surface area contributed by atoms with Crippen molar-refractivity contribution in [3.05, 3.63) is 59.3 Å². The summed E-state index contributed by atoms with van der Waals surface area (Å²) in [6.07, 6.45) is 1.86. The van der Waals surface area contributed by atoms with Crippen molar-refractivity contribution in [1.82, 2.24) is 15.1 Å². The summed E-state index contributed by atoms with van der Waals surface area (Å²) in [7, 11) is 1.60. The number of nitrogens with one attached hydrogen (secondary N) is 1. The van der Waals surface area contributed by atoms with E-state index in [1.807, 2.05) is 36.1 Å². The lowest BCUT2D eigenvalue weighted by atomic mass is 9.95. The van der Waals surface area contributed by atoms with Crippen LogP contribution in [0.5, 0.6) is 17.2 Å². The first kappa shape index (κ1) is 20.8. The number of carbonyl (C=O) groups excluding carboxylic acids is 1. The number of carbonyl (C=O) groups is 1. The van der Waals surface area contributed by atoms with Crippen LogP contribution in [0.4, 0.5) is 0 Å². The molecule has 7 nitrogen and oxygen atoms in total. The number of ether oxygens (including phenoxy) is 2. The predicted molar refractivity (Wildman–Crippen MR) is 118 cm³/mol. The first-order chi connectivity index (χ1) is 15.1. The number of aromatic nitrogens is 2. The van der Waals surface area contributed by atoms with Gasteiger partial charge in [-0.2, -0.15) is 5.10 Å². The normalized spacial score (nSPS) is 15.3. The zero-order valence-corrected chi connectivity index (χ0v) is 18.0. The van der Waals surface area contributed by atoms with Crippen molar-refractivity contribution in [2.45, 2.75) is 32.7 Å². The van der Waals surface area contributed by atoms with Gasteiger partial charge in [0.05, 0.1) is 19.8 Å². The fourth-order valence-corrected chi connectivity index (χ4v) is 4.11. The van der Waals surface area contributed by atoms with Crippen LogP contribution in [0.2, 0.25) is 0 Å². The highest BCUT2D eigenvalue weighted by Gasteiger charge is 2.42. The average Bonchev–Trinajstić information content (AvgIpc) is 3.32. The van der Waals surface area contributed by atoms with E-state index in [2.05, 4.69) is 17.1 Å². The van der Waals surface area contributed by atoms with Gasteiger partial charge in [-0.25, -0.2) is 0 Å². The Hall–Kier alpha value is -3.48. The molecular formula is C24H27N3O4. The van der Waals surface area contributed by atoms with Crippen molar-refractivity contribution in [3.63, 3.8) is 0 Å². The second-order valence-corrected chi connectivity index (χ2v) is 7.48. The number of amides is 1. The Morgan fingerprint density at radius 1 is 1.16 bits per heavy atom. The zero-order valence-electron chi connectivity index (χ0n) is 18.0. The van der Waals surface area contributed by atoms with Gasteiger partial charge in [0.15, 0.2) is 11.5 Å². The summed E-state index contributed by atoms with van der Waals surface area (Å²) >= 11 is 0. The number of unbranched alkanes of at least 4 members (excludes halogenated alkanes) is 1. The molecule has 0 radical (unpaired) electrons. The van der Waals surface area contributed by atoms with E-state index >= 15 is 0 Å². The molecule has 1 aromatic heterocycles. The molecule has 1 aliphatic heterocycles. The van der Waals surface area contributed by atoms with Crippen LogP contribution in [-0.4, -0.2) is 46.4 Å². The first-order valence-electron chi connectivity index (χ1n) is 10.6. The van der Waals surface area contributed by atoms with Crippen LogP contribution < -0.4 is 9.47 Å². The SMILES string of the molecule is CCCCN1C(=O)c2[nH]nc(-c3ccccc3O)c2[C@H]1c1ccc(OCC)c(OC)c1. The summed E-state index contributed by atoms with van der Waals surface area (Å²) < 4.78 is 11.2. The Labute approximate surface area is 181 Å². The summed E-state index contributed by atoms with van der Waals surface area (Å²) in [6, 6.07) is 12.4. The van der Waals surface area contributed by atoms with Crippen molar-refractivity contribution in [2.24, 2.45) is 0 Å². The van der Waals surface area contributed by atoms with E-state index in [1.165, 1.54) is 0 Å². The molecule has 0 aliphatic carbocycles. The van der Waals surface area contributed by atoms with Gasteiger partial charge in [-0.3, -0.25) is 9.89 Å². The summed E-state index contributed by atoms with van der Waals surface area (Å²) in [4.78, 5) is 15.1. The van der Waals surface area contributed by atoms with E-state index in [1.54, 1.807) is 25.3 Å². The number of benzene rings is 2. The fourth-order valence-electron chi connectivity index (χ4n) is 4.11. The summed E-state index contributed by atoms with van der Waals surface area (Å²) in [5.41, 5.74) is 3.31. The monoisotopic (exact) mass is 421 g/mol. The topological polar surface area (TPSA) is 87.7 Å². The second-order valence-electron chi connectivity index (χ2n) is 7.48. The molecule has 31 heavy (non-hydrogen) atoms. The van der Waals surface area contributed by atoms with Gasteiger partial charge >= 0.3 is 0 Å². The number of aromatic amines is 1. The van der Waals surface area contributed by atoms with Gasteiger partial charge in [0.25, 0.3) is 5.91 Å². The van der Waals surface area contributed by atoms with Crippen LogP contribution in [0.1, 0.15) is 54.3 Å². The molecule has 0 saturated heterocycles. The lowest BCUT2D eigenvalue weighted by Crippen LogP contribution is -2.30. The van der Waals surface area contributed by atoms with Crippen LogP contribution in [-0.2, 0) is 0 Å². The van der Waals surface area contributed by atoms with Gasteiger partial charge in [-0.15, -0.1) is 0 Å². The number of fused-ring (bicyclic) bond motifs is 1. The number of nitrogens with zero attached hydrogens (tertiary/aromatic N) is 2. The molecule has 1 atom stereocenters. The van der Waals surface area contributed by atoms with Crippen LogP contribution in [0.15, 0.2) is 42.5 Å². The van der Waals surface area contributed by atoms with Crippen molar-refractivity contribution in [3.8, 4) is 28.5 Å². The molecule has 0 bridgehead atoms.